The van der Waals surface area contributed by atoms with Gasteiger partial charge in [0.2, 0.25) is 0 Å². The zero-order valence-corrected chi connectivity index (χ0v) is 21.1. The highest BCUT2D eigenvalue weighted by atomic mass is 35.5. The molecular weight excluding hydrogens is 479 g/mol. The van der Waals surface area contributed by atoms with Gasteiger partial charge in [0.15, 0.2) is 0 Å². The van der Waals surface area contributed by atoms with Crippen LogP contribution in [0.4, 0.5) is 5.69 Å². The molecule has 0 amide bonds. The van der Waals surface area contributed by atoms with Gasteiger partial charge < -0.3 is 13.8 Å². The monoisotopic (exact) mass is 504 g/mol. The first-order valence-electron chi connectivity index (χ1n) is 12.4. The van der Waals surface area contributed by atoms with Crippen molar-refractivity contribution in [3.8, 4) is 11.3 Å². The summed E-state index contributed by atoms with van der Waals surface area (Å²) in [6, 6.07) is 9.98. The standard InChI is InChI=1S/C28H26Cl2N4O/c1-17-31-15-20-7-8-21(16-34(17)20)33-11-9-28(10-12-33)13-19(14-28)24-26(32-35-27(24)18-5-6-18)25-22(29)3-2-4-23(25)30/h2-4,7-8,13,15-16,18H,5-6,9-12,14H2,1H3. The van der Waals surface area contributed by atoms with Gasteiger partial charge in [0.1, 0.15) is 17.3 Å². The maximum Gasteiger partial charge on any atom is 0.147 e. The highest BCUT2D eigenvalue weighted by molar-refractivity contribution is 6.39. The van der Waals surface area contributed by atoms with Crippen molar-refractivity contribution in [3.05, 3.63) is 76.0 Å². The Morgan fingerprint density at radius 2 is 1.77 bits per heavy atom. The van der Waals surface area contributed by atoms with Crippen LogP contribution in [0.1, 0.15) is 55.2 Å². The lowest BCUT2D eigenvalue weighted by molar-refractivity contribution is 0.277. The van der Waals surface area contributed by atoms with Gasteiger partial charge in [-0.3, -0.25) is 0 Å². The Hall–Kier alpha value is -2.76. The smallest absolute Gasteiger partial charge is 0.147 e. The summed E-state index contributed by atoms with van der Waals surface area (Å²) in [5.41, 5.74) is 6.71. The van der Waals surface area contributed by atoms with Gasteiger partial charge in [0, 0.05) is 36.3 Å². The van der Waals surface area contributed by atoms with Gasteiger partial charge in [-0.25, -0.2) is 4.98 Å². The number of piperidine rings is 1. The molecule has 4 aromatic rings. The lowest BCUT2D eigenvalue weighted by atomic mass is 9.63. The van der Waals surface area contributed by atoms with Crippen LogP contribution in [0.15, 0.2) is 53.3 Å². The Morgan fingerprint density at radius 3 is 2.49 bits per heavy atom. The number of nitrogens with zero attached hydrogens (tertiary/aromatic N) is 4. The number of hydrogen-bond donors (Lipinski definition) is 0. The Labute approximate surface area is 214 Å². The highest BCUT2D eigenvalue weighted by Gasteiger charge is 2.44. The van der Waals surface area contributed by atoms with Crippen LogP contribution in [0.5, 0.6) is 0 Å². The van der Waals surface area contributed by atoms with Gasteiger partial charge in [-0.2, -0.15) is 0 Å². The molecule has 7 rings (SSSR count). The van der Waals surface area contributed by atoms with E-state index in [1.807, 2.05) is 31.3 Å². The van der Waals surface area contributed by atoms with E-state index in [2.05, 4.69) is 43.8 Å². The fraction of sp³-hybridized carbons (Fsp3) is 0.357. The molecule has 178 valence electrons. The highest BCUT2D eigenvalue weighted by Crippen LogP contribution is 2.56. The molecule has 1 saturated carbocycles. The third-order valence-corrected chi connectivity index (χ3v) is 8.66. The fourth-order valence-electron chi connectivity index (χ4n) is 5.84. The van der Waals surface area contributed by atoms with Crippen LogP contribution < -0.4 is 4.90 Å². The van der Waals surface area contributed by atoms with E-state index >= 15 is 0 Å². The van der Waals surface area contributed by atoms with Crippen LogP contribution in [0.25, 0.3) is 22.3 Å². The van der Waals surface area contributed by atoms with Crippen molar-refractivity contribution in [3.63, 3.8) is 0 Å². The minimum absolute atomic E-state index is 0.250. The van der Waals surface area contributed by atoms with Crippen molar-refractivity contribution in [2.75, 3.05) is 18.0 Å². The molecule has 2 fully saturated rings. The first kappa shape index (κ1) is 21.5. The molecule has 1 saturated heterocycles. The maximum atomic E-state index is 6.56. The van der Waals surface area contributed by atoms with E-state index in [4.69, 9.17) is 27.7 Å². The lowest BCUT2D eigenvalue weighted by Gasteiger charge is -2.47. The molecule has 1 spiro atoms. The summed E-state index contributed by atoms with van der Waals surface area (Å²) in [4.78, 5) is 6.93. The Balaban J connectivity index is 1.16. The first-order valence-corrected chi connectivity index (χ1v) is 13.1. The average molecular weight is 505 g/mol. The topological polar surface area (TPSA) is 46.6 Å². The second-order valence-corrected chi connectivity index (χ2v) is 11.1. The molecule has 0 unspecified atom stereocenters. The molecule has 4 heterocycles. The molecule has 3 aromatic heterocycles. The van der Waals surface area contributed by atoms with Crippen LogP contribution in [0.3, 0.4) is 0 Å². The van der Waals surface area contributed by atoms with Crippen molar-refractivity contribution < 1.29 is 4.52 Å². The van der Waals surface area contributed by atoms with E-state index in [0.29, 0.717) is 16.0 Å². The number of aryl methyl sites for hydroxylation is 1. The lowest BCUT2D eigenvalue weighted by Crippen LogP contribution is -2.42. The second kappa shape index (κ2) is 7.87. The van der Waals surface area contributed by atoms with Gasteiger partial charge in [0.25, 0.3) is 0 Å². The number of rotatable bonds is 4. The molecule has 7 heteroatoms. The zero-order valence-electron chi connectivity index (χ0n) is 19.6. The Kier molecular flexibility index (Phi) is 4.84. The van der Waals surface area contributed by atoms with Crippen LogP contribution in [0, 0.1) is 12.3 Å². The third-order valence-electron chi connectivity index (χ3n) is 8.03. The Morgan fingerprint density at radius 1 is 1.03 bits per heavy atom. The number of hydrogen-bond acceptors (Lipinski definition) is 4. The van der Waals surface area contributed by atoms with Gasteiger partial charge in [-0.05, 0) is 74.3 Å². The molecule has 1 aliphatic heterocycles. The van der Waals surface area contributed by atoms with Crippen molar-refractivity contribution >= 4 is 40.0 Å². The molecule has 35 heavy (non-hydrogen) atoms. The molecule has 0 atom stereocenters. The largest absolute Gasteiger partial charge is 0.370 e. The second-order valence-electron chi connectivity index (χ2n) is 10.3. The van der Waals surface area contributed by atoms with E-state index in [0.717, 1.165) is 79.1 Å². The third kappa shape index (κ3) is 3.51. The van der Waals surface area contributed by atoms with Crippen molar-refractivity contribution in [1.82, 2.24) is 14.5 Å². The number of aromatic nitrogens is 3. The number of allylic oxidation sites excluding steroid dienone is 2. The average Bonchev–Trinajstić information content (AvgIpc) is 3.50. The maximum absolute atomic E-state index is 6.56. The number of anilines is 1. The molecule has 0 N–H and O–H groups in total. The van der Waals surface area contributed by atoms with E-state index in [-0.39, 0.29) is 5.41 Å². The van der Waals surface area contributed by atoms with E-state index in [9.17, 15) is 0 Å². The predicted octanol–water partition coefficient (Wildman–Crippen LogP) is 7.56. The van der Waals surface area contributed by atoms with Crippen LogP contribution in [-0.4, -0.2) is 27.6 Å². The summed E-state index contributed by atoms with van der Waals surface area (Å²) < 4.78 is 8.08. The van der Waals surface area contributed by atoms with Gasteiger partial charge in [0.05, 0.1) is 27.4 Å². The quantitative estimate of drug-likeness (QED) is 0.287. The minimum atomic E-state index is 0.250. The van der Waals surface area contributed by atoms with Gasteiger partial charge in [-0.15, -0.1) is 0 Å². The minimum Gasteiger partial charge on any atom is -0.370 e. The van der Waals surface area contributed by atoms with E-state index in [1.54, 1.807) is 0 Å². The summed E-state index contributed by atoms with van der Waals surface area (Å²) in [7, 11) is 0. The zero-order chi connectivity index (χ0) is 23.7. The summed E-state index contributed by atoms with van der Waals surface area (Å²) in [6.45, 7) is 4.14. The molecule has 0 radical (unpaired) electrons. The molecule has 3 aliphatic rings. The van der Waals surface area contributed by atoms with Crippen LogP contribution in [-0.2, 0) is 0 Å². The Bertz CT molecular complexity index is 1470. The number of benzene rings is 1. The van der Waals surface area contributed by atoms with Crippen molar-refractivity contribution in [2.24, 2.45) is 5.41 Å². The number of halogens is 2. The molecule has 1 aromatic carbocycles. The normalized spacial score (nSPS) is 19.3. The molecule has 2 aliphatic carbocycles. The fourth-order valence-corrected chi connectivity index (χ4v) is 6.42. The molecule has 0 bridgehead atoms. The summed E-state index contributed by atoms with van der Waals surface area (Å²) >= 11 is 13.1. The summed E-state index contributed by atoms with van der Waals surface area (Å²) in [5, 5.41) is 5.71. The molecule has 5 nitrogen and oxygen atoms in total. The summed E-state index contributed by atoms with van der Waals surface area (Å²) in [5.74, 6) is 2.50. The van der Waals surface area contributed by atoms with E-state index < -0.39 is 0 Å². The predicted molar refractivity (Wildman–Crippen MR) is 140 cm³/mol. The number of imidazole rings is 1. The van der Waals surface area contributed by atoms with Crippen LogP contribution in [0.2, 0.25) is 10.0 Å². The number of fused-ring (bicyclic) bond motifs is 1. The van der Waals surface area contributed by atoms with Crippen molar-refractivity contribution in [1.29, 1.82) is 0 Å². The van der Waals surface area contributed by atoms with Gasteiger partial charge >= 0.3 is 0 Å². The first-order chi connectivity index (χ1) is 17.0. The number of pyridine rings is 1. The SMILES string of the molecule is Cc1ncc2ccc(N3CCC4(C=C(c5c(-c6c(Cl)cccc6Cl)noc5C5CC5)C4)CC3)cn12. The van der Waals surface area contributed by atoms with E-state index in [1.165, 1.54) is 11.3 Å². The van der Waals surface area contributed by atoms with Crippen LogP contribution >= 0.6 is 23.2 Å². The summed E-state index contributed by atoms with van der Waals surface area (Å²) in [6.07, 6.45) is 12.3. The molecular formula is C28H26Cl2N4O. The van der Waals surface area contributed by atoms with Gasteiger partial charge in [-0.1, -0.05) is 40.5 Å². The van der Waals surface area contributed by atoms with Crippen molar-refractivity contribution in [2.45, 2.75) is 44.9 Å².